The van der Waals surface area contributed by atoms with Crippen molar-refractivity contribution < 1.29 is 13.9 Å². The number of hydrogen-bond acceptors (Lipinski definition) is 4. The molecule has 0 bridgehead atoms. The molecule has 1 aromatic rings. The summed E-state index contributed by atoms with van der Waals surface area (Å²) in [4.78, 5) is 24.2. The number of pyridine rings is 1. The van der Waals surface area contributed by atoms with Crippen LogP contribution in [-0.4, -0.2) is 18.1 Å². The number of nitrogens with one attached hydrogen (secondary N) is 1. The Hall–Kier alpha value is -1.40. The van der Waals surface area contributed by atoms with Gasteiger partial charge in [0.2, 0.25) is 0 Å². The van der Waals surface area contributed by atoms with Gasteiger partial charge in [0.25, 0.3) is 5.56 Å². The number of rotatable bonds is 2. The molecule has 1 heterocycles. The largest absolute Gasteiger partial charge is 0.468 e. The number of nitrogens with two attached hydrogens (primary N) is 1. The van der Waals surface area contributed by atoms with Crippen LogP contribution in [0.5, 0.6) is 0 Å². The molecule has 0 spiro atoms. The lowest BCUT2D eigenvalue weighted by atomic mass is 10.1. The normalized spacial score (nSPS) is 11.4. The average Bonchev–Trinajstić information content (AvgIpc) is 2.19. The summed E-state index contributed by atoms with van der Waals surface area (Å²) in [6.07, 6.45) is 0.885. The van der Waals surface area contributed by atoms with Gasteiger partial charge >= 0.3 is 5.97 Å². The van der Waals surface area contributed by atoms with Gasteiger partial charge in [-0.05, 0) is 6.07 Å². The summed E-state index contributed by atoms with van der Waals surface area (Å²) in [7, 11) is 1.13. The fourth-order valence-corrected chi connectivity index (χ4v) is 0.959. The molecule has 0 aliphatic carbocycles. The van der Waals surface area contributed by atoms with E-state index >= 15 is 0 Å². The minimum Gasteiger partial charge on any atom is -0.468 e. The van der Waals surface area contributed by atoms with Crippen molar-refractivity contribution in [3.8, 4) is 0 Å². The van der Waals surface area contributed by atoms with Crippen LogP contribution in [0, 0.1) is 5.82 Å². The third-order valence-electron chi connectivity index (χ3n) is 1.69. The standard InChI is InChI=1S/C8H9FN2O3.ClH/c1-14-8(13)6(10)5-2-4(9)3-11-7(5)12;/h2-3,6H,10H2,1H3,(H,11,12);1H. The Balaban J connectivity index is 0.00000196. The molecule has 1 unspecified atom stereocenters. The number of aromatic nitrogens is 1. The van der Waals surface area contributed by atoms with Crippen LogP contribution in [0.25, 0.3) is 0 Å². The molecule has 7 heteroatoms. The molecule has 0 aromatic carbocycles. The minimum atomic E-state index is -1.26. The average molecular weight is 237 g/mol. The van der Waals surface area contributed by atoms with Crippen LogP contribution in [0.1, 0.15) is 11.6 Å². The summed E-state index contributed by atoms with van der Waals surface area (Å²) in [6.45, 7) is 0. The van der Waals surface area contributed by atoms with Gasteiger partial charge in [-0.3, -0.25) is 9.59 Å². The van der Waals surface area contributed by atoms with Crippen LogP contribution in [0.4, 0.5) is 4.39 Å². The molecule has 1 atom stereocenters. The molecule has 0 amide bonds. The van der Waals surface area contributed by atoms with Crippen LogP contribution in [0.15, 0.2) is 17.1 Å². The smallest absolute Gasteiger partial charge is 0.327 e. The van der Waals surface area contributed by atoms with E-state index < -0.39 is 23.4 Å². The second kappa shape index (κ2) is 5.47. The first-order valence-electron chi connectivity index (χ1n) is 3.77. The lowest BCUT2D eigenvalue weighted by molar-refractivity contribution is -0.142. The topological polar surface area (TPSA) is 85.2 Å². The van der Waals surface area contributed by atoms with Gasteiger partial charge in [0, 0.05) is 11.8 Å². The fraction of sp³-hybridized carbons (Fsp3) is 0.250. The molecule has 5 nitrogen and oxygen atoms in total. The molecule has 0 radical (unpaired) electrons. The Bertz CT molecular complexity index is 407. The molecule has 0 saturated heterocycles. The van der Waals surface area contributed by atoms with Crippen LogP contribution >= 0.6 is 12.4 Å². The van der Waals surface area contributed by atoms with Crippen molar-refractivity contribution in [3.05, 3.63) is 34.0 Å². The fourth-order valence-electron chi connectivity index (χ4n) is 0.959. The lowest BCUT2D eigenvalue weighted by Gasteiger charge is -2.07. The van der Waals surface area contributed by atoms with Gasteiger partial charge in [0.1, 0.15) is 11.9 Å². The van der Waals surface area contributed by atoms with Crippen LogP contribution in [0.3, 0.4) is 0 Å². The van der Waals surface area contributed by atoms with E-state index in [0.29, 0.717) is 0 Å². The number of hydrogen-bond donors (Lipinski definition) is 2. The summed E-state index contributed by atoms with van der Waals surface area (Å²) in [6, 6.07) is -0.361. The Kier molecular flexibility index (Phi) is 4.96. The van der Waals surface area contributed by atoms with E-state index in [1.54, 1.807) is 0 Å². The number of H-pyrrole nitrogens is 1. The maximum absolute atomic E-state index is 12.7. The predicted molar refractivity (Wildman–Crippen MR) is 53.2 cm³/mol. The van der Waals surface area contributed by atoms with Gasteiger partial charge in [0.05, 0.1) is 7.11 Å². The van der Waals surface area contributed by atoms with E-state index in [9.17, 15) is 14.0 Å². The quantitative estimate of drug-likeness (QED) is 0.714. The number of halogens is 2. The number of carbonyl (C=O) groups is 1. The Morgan fingerprint density at radius 1 is 1.67 bits per heavy atom. The molecule has 0 saturated carbocycles. The molecule has 0 aliphatic heterocycles. The Labute approximate surface area is 90.8 Å². The molecule has 0 aliphatic rings. The van der Waals surface area contributed by atoms with Gasteiger partial charge in [-0.25, -0.2) is 4.39 Å². The van der Waals surface area contributed by atoms with Gasteiger partial charge in [0.15, 0.2) is 0 Å². The lowest BCUT2D eigenvalue weighted by Crippen LogP contribution is -2.29. The second-order valence-electron chi connectivity index (χ2n) is 2.60. The predicted octanol–water partition coefficient (Wildman–Crippen LogP) is 0.109. The second-order valence-corrected chi connectivity index (χ2v) is 2.60. The highest BCUT2D eigenvalue weighted by atomic mass is 35.5. The Morgan fingerprint density at radius 3 is 2.80 bits per heavy atom. The number of methoxy groups -OCH3 is 1. The van der Waals surface area contributed by atoms with Crippen molar-refractivity contribution in [1.82, 2.24) is 4.98 Å². The highest BCUT2D eigenvalue weighted by molar-refractivity contribution is 5.85. The van der Waals surface area contributed by atoms with E-state index in [1.165, 1.54) is 0 Å². The molecule has 3 N–H and O–H groups in total. The van der Waals surface area contributed by atoms with Crippen molar-refractivity contribution in [1.29, 1.82) is 0 Å². The number of ether oxygens (including phenoxy) is 1. The van der Waals surface area contributed by atoms with E-state index in [2.05, 4.69) is 9.72 Å². The summed E-state index contributed by atoms with van der Waals surface area (Å²) in [5, 5.41) is 0. The summed E-state index contributed by atoms with van der Waals surface area (Å²) >= 11 is 0. The summed E-state index contributed by atoms with van der Waals surface area (Å²) in [5.41, 5.74) is 4.59. The van der Waals surface area contributed by atoms with E-state index in [1.807, 2.05) is 0 Å². The van der Waals surface area contributed by atoms with E-state index in [0.717, 1.165) is 19.4 Å². The van der Waals surface area contributed by atoms with Crippen molar-refractivity contribution in [2.75, 3.05) is 7.11 Å². The summed E-state index contributed by atoms with van der Waals surface area (Å²) in [5.74, 6) is -1.46. The van der Waals surface area contributed by atoms with Crippen molar-refractivity contribution in [3.63, 3.8) is 0 Å². The third kappa shape index (κ3) is 3.03. The monoisotopic (exact) mass is 236 g/mol. The van der Waals surface area contributed by atoms with Gasteiger partial charge in [-0.15, -0.1) is 12.4 Å². The molecule has 1 rings (SSSR count). The van der Waals surface area contributed by atoms with Gasteiger partial charge < -0.3 is 15.5 Å². The van der Waals surface area contributed by atoms with Crippen LogP contribution < -0.4 is 11.3 Å². The molecule has 1 aromatic heterocycles. The summed E-state index contributed by atoms with van der Waals surface area (Å²) < 4.78 is 17.0. The first-order chi connectivity index (χ1) is 6.56. The third-order valence-corrected chi connectivity index (χ3v) is 1.69. The van der Waals surface area contributed by atoms with Crippen LogP contribution in [0.2, 0.25) is 0 Å². The molecule has 15 heavy (non-hydrogen) atoms. The zero-order valence-corrected chi connectivity index (χ0v) is 8.64. The number of aromatic amines is 1. The number of esters is 1. The Morgan fingerprint density at radius 2 is 2.27 bits per heavy atom. The highest BCUT2D eigenvalue weighted by Crippen LogP contribution is 2.07. The zero-order valence-electron chi connectivity index (χ0n) is 7.82. The minimum absolute atomic E-state index is 0. The zero-order chi connectivity index (χ0) is 10.7. The molecule has 0 fully saturated rings. The van der Waals surface area contributed by atoms with E-state index in [-0.39, 0.29) is 18.0 Å². The van der Waals surface area contributed by atoms with Crippen LogP contribution in [-0.2, 0) is 9.53 Å². The highest BCUT2D eigenvalue weighted by Gasteiger charge is 2.19. The number of carbonyl (C=O) groups excluding carboxylic acids is 1. The first kappa shape index (κ1) is 13.6. The van der Waals surface area contributed by atoms with Crippen molar-refractivity contribution >= 4 is 18.4 Å². The van der Waals surface area contributed by atoms with Gasteiger partial charge in [-0.1, -0.05) is 0 Å². The van der Waals surface area contributed by atoms with Crippen molar-refractivity contribution in [2.45, 2.75) is 6.04 Å². The maximum Gasteiger partial charge on any atom is 0.327 e. The van der Waals surface area contributed by atoms with Crippen molar-refractivity contribution in [2.24, 2.45) is 5.73 Å². The molecular weight excluding hydrogens is 227 g/mol. The van der Waals surface area contributed by atoms with Gasteiger partial charge in [-0.2, -0.15) is 0 Å². The molecular formula is C8H10ClFN2O3. The first-order valence-corrected chi connectivity index (χ1v) is 3.77. The van der Waals surface area contributed by atoms with E-state index in [4.69, 9.17) is 5.73 Å². The maximum atomic E-state index is 12.7. The SMILES string of the molecule is COC(=O)C(N)c1cc(F)c[nH]c1=O.Cl. The molecule has 84 valence electrons.